The normalized spacial score (nSPS) is 15.5. The fourth-order valence-corrected chi connectivity index (χ4v) is 2.54. The molecule has 116 valence electrons. The number of nitrogens with one attached hydrogen (secondary N) is 2. The van der Waals surface area contributed by atoms with Gasteiger partial charge in [0.2, 0.25) is 5.95 Å². The van der Waals surface area contributed by atoms with Crippen LogP contribution in [0, 0.1) is 6.92 Å². The van der Waals surface area contributed by atoms with E-state index in [1.165, 1.54) is 39.0 Å². The maximum absolute atomic E-state index is 10.7. The molecular formula is C15H24N4O2. The molecule has 0 atom stereocenters. The second-order valence-corrected chi connectivity index (χ2v) is 5.46. The summed E-state index contributed by atoms with van der Waals surface area (Å²) in [7, 11) is 0. The van der Waals surface area contributed by atoms with Gasteiger partial charge in [0.1, 0.15) is 12.4 Å². The van der Waals surface area contributed by atoms with Crippen molar-refractivity contribution in [1.29, 1.82) is 0 Å². The molecule has 0 bridgehead atoms. The van der Waals surface area contributed by atoms with Crippen LogP contribution in [0.1, 0.15) is 44.7 Å². The molecule has 1 aromatic heterocycles. The molecule has 1 fully saturated rings. The monoisotopic (exact) mass is 292 g/mol. The van der Waals surface area contributed by atoms with E-state index in [1.807, 2.05) is 13.0 Å². The Labute approximate surface area is 125 Å². The molecule has 21 heavy (non-hydrogen) atoms. The van der Waals surface area contributed by atoms with Crippen LogP contribution in [0.25, 0.3) is 0 Å². The topological polar surface area (TPSA) is 76.1 Å². The van der Waals surface area contributed by atoms with Crippen LogP contribution >= 0.6 is 0 Å². The van der Waals surface area contributed by atoms with E-state index in [0.717, 1.165) is 11.5 Å². The van der Waals surface area contributed by atoms with Crippen LogP contribution in [-0.4, -0.2) is 35.1 Å². The molecule has 1 aromatic rings. The van der Waals surface area contributed by atoms with Crippen molar-refractivity contribution < 1.29 is 9.53 Å². The molecule has 2 N–H and O–H groups in total. The molecule has 2 rings (SSSR count). The minimum atomic E-state index is -0.276. The molecule has 0 amide bonds. The summed E-state index contributed by atoms with van der Waals surface area (Å²) in [5.41, 5.74) is 0.915. The Kier molecular flexibility index (Phi) is 5.78. The standard InChI is InChI=1S/C15H24N4O2/c1-11-10-14(18-13-6-4-3-5-7-13)19-15(17-11)16-8-9-21-12(2)20/h10,13H,3-9H2,1-2H3,(H2,16,17,18,19). The van der Waals surface area contributed by atoms with Gasteiger partial charge in [-0.15, -0.1) is 0 Å². The number of esters is 1. The van der Waals surface area contributed by atoms with Crippen molar-refractivity contribution in [3.63, 3.8) is 0 Å². The number of anilines is 2. The van der Waals surface area contributed by atoms with Crippen molar-refractivity contribution in [3.8, 4) is 0 Å². The molecule has 1 heterocycles. The molecule has 0 radical (unpaired) electrons. The summed E-state index contributed by atoms with van der Waals surface area (Å²) in [5, 5.41) is 6.57. The fraction of sp³-hybridized carbons (Fsp3) is 0.667. The van der Waals surface area contributed by atoms with Gasteiger partial charge in [0.15, 0.2) is 0 Å². The third-order valence-electron chi connectivity index (χ3n) is 3.50. The average Bonchev–Trinajstić information content (AvgIpc) is 2.44. The lowest BCUT2D eigenvalue weighted by Crippen LogP contribution is -2.23. The zero-order chi connectivity index (χ0) is 15.1. The highest BCUT2D eigenvalue weighted by Gasteiger charge is 2.14. The average molecular weight is 292 g/mol. The third-order valence-corrected chi connectivity index (χ3v) is 3.50. The predicted octanol–water partition coefficient (Wildman–Crippen LogP) is 2.50. The van der Waals surface area contributed by atoms with Crippen molar-refractivity contribution in [2.45, 2.75) is 52.0 Å². The number of aryl methyl sites for hydroxylation is 1. The molecule has 1 aliphatic carbocycles. The molecule has 0 aromatic carbocycles. The van der Waals surface area contributed by atoms with Gasteiger partial charge in [-0.3, -0.25) is 4.79 Å². The third kappa shape index (κ3) is 5.57. The molecule has 6 heteroatoms. The maximum atomic E-state index is 10.7. The Morgan fingerprint density at radius 3 is 2.81 bits per heavy atom. The Hall–Kier alpha value is -1.85. The van der Waals surface area contributed by atoms with E-state index in [0.29, 0.717) is 25.1 Å². The van der Waals surface area contributed by atoms with Crippen LogP contribution < -0.4 is 10.6 Å². The first-order valence-corrected chi connectivity index (χ1v) is 7.63. The van der Waals surface area contributed by atoms with Gasteiger partial charge in [0, 0.05) is 24.7 Å². The van der Waals surface area contributed by atoms with Crippen LogP contribution in [-0.2, 0) is 9.53 Å². The van der Waals surface area contributed by atoms with Crippen LogP contribution in [0.3, 0.4) is 0 Å². The van der Waals surface area contributed by atoms with Gasteiger partial charge in [-0.25, -0.2) is 4.98 Å². The van der Waals surface area contributed by atoms with Crippen molar-refractivity contribution in [3.05, 3.63) is 11.8 Å². The number of nitrogens with zero attached hydrogens (tertiary/aromatic N) is 2. The molecule has 0 spiro atoms. The first-order chi connectivity index (χ1) is 10.1. The predicted molar refractivity (Wildman–Crippen MR) is 82.4 cm³/mol. The highest BCUT2D eigenvalue weighted by Crippen LogP contribution is 2.21. The number of aromatic nitrogens is 2. The Balaban J connectivity index is 1.88. The van der Waals surface area contributed by atoms with E-state index < -0.39 is 0 Å². The highest BCUT2D eigenvalue weighted by molar-refractivity contribution is 5.65. The summed E-state index contributed by atoms with van der Waals surface area (Å²) in [6.45, 7) is 4.17. The summed E-state index contributed by atoms with van der Waals surface area (Å²) in [4.78, 5) is 19.5. The van der Waals surface area contributed by atoms with Gasteiger partial charge >= 0.3 is 5.97 Å². The second kappa shape index (κ2) is 7.81. The lowest BCUT2D eigenvalue weighted by Gasteiger charge is -2.23. The van der Waals surface area contributed by atoms with Crippen LogP contribution in [0.2, 0.25) is 0 Å². The summed E-state index contributed by atoms with van der Waals surface area (Å²) in [5.74, 6) is 1.16. The van der Waals surface area contributed by atoms with Gasteiger partial charge in [-0.05, 0) is 19.8 Å². The van der Waals surface area contributed by atoms with Gasteiger partial charge in [-0.1, -0.05) is 19.3 Å². The summed E-state index contributed by atoms with van der Waals surface area (Å²) in [6.07, 6.45) is 6.32. The molecule has 6 nitrogen and oxygen atoms in total. The van der Waals surface area contributed by atoms with Gasteiger partial charge in [0.05, 0.1) is 6.54 Å². The Morgan fingerprint density at radius 2 is 2.10 bits per heavy atom. The summed E-state index contributed by atoms with van der Waals surface area (Å²) < 4.78 is 4.87. The van der Waals surface area contributed by atoms with Crippen LogP contribution in [0.4, 0.5) is 11.8 Å². The number of carbonyl (C=O) groups excluding carboxylic acids is 1. The molecule has 0 unspecified atom stereocenters. The minimum absolute atomic E-state index is 0.276. The molecular weight excluding hydrogens is 268 g/mol. The van der Waals surface area contributed by atoms with Gasteiger partial charge in [-0.2, -0.15) is 4.98 Å². The lowest BCUT2D eigenvalue weighted by atomic mass is 9.95. The van der Waals surface area contributed by atoms with Gasteiger partial charge < -0.3 is 15.4 Å². The maximum Gasteiger partial charge on any atom is 0.302 e. The van der Waals surface area contributed by atoms with Crippen LogP contribution in [0.15, 0.2) is 6.07 Å². The fourth-order valence-electron chi connectivity index (χ4n) is 2.54. The zero-order valence-electron chi connectivity index (χ0n) is 12.8. The SMILES string of the molecule is CC(=O)OCCNc1nc(C)cc(NC2CCCCC2)n1. The van der Waals surface area contributed by atoms with E-state index >= 15 is 0 Å². The minimum Gasteiger partial charge on any atom is -0.464 e. The quantitative estimate of drug-likeness (QED) is 0.620. The van der Waals surface area contributed by atoms with Crippen molar-refractivity contribution in [2.24, 2.45) is 0 Å². The number of ether oxygens (including phenoxy) is 1. The number of rotatable bonds is 6. The zero-order valence-corrected chi connectivity index (χ0v) is 12.8. The lowest BCUT2D eigenvalue weighted by molar-refractivity contribution is -0.140. The van der Waals surface area contributed by atoms with Crippen molar-refractivity contribution in [1.82, 2.24) is 9.97 Å². The number of hydrogen-bond acceptors (Lipinski definition) is 6. The number of hydrogen-bond donors (Lipinski definition) is 2. The van der Waals surface area contributed by atoms with E-state index in [2.05, 4.69) is 20.6 Å². The second-order valence-electron chi connectivity index (χ2n) is 5.46. The summed E-state index contributed by atoms with van der Waals surface area (Å²) >= 11 is 0. The van der Waals surface area contributed by atoms with Crippen LogP contribution in [0.5, 0.6) is 0 Å². The van der Waals surface area contributed by atoms with Crippen molar-refractivity contribution >= 4 is 17.7 Å². The van der Waals surface area contributed by atoms with Crippen molar-refractivity contribution in [2.75, 3.05) is 23.8 Å². The van der Waals surface area contributed by atoms with E-state index in [1.54, 1.807) is 0 Å². The highest BCUT2D eigenvalue weighted by atomic mass is 16.5. The van der Waals surface area contributed by atoms with E-state index in [9.17, 15) is 4.79 Å². The Morgan fingerprint density at radius 1 is 1.33 bits per heavy atom. The number of carbonyl (C=O) groups is 1. The molecule has 0 aliphatic heterocycles. The largest absolute Gasteiger partial charge is 0.464 e. The van der Waals surface area contributed by atoms with Gasteiger partial charge in [0.25, 0.3) is 0 Å². The smallest absolute Gasteiger partial charge is 0.302 e. The molecule has 1 aliphatic rings. The first-order valence-electron chi connectivity index (χ1n) is 7.63. The van der Waals surface area contributed by atoms with E-state index in [4.69, 9.17) is 4.74 Å². The van der Waals surface area contributed by atoms with E-state index in [-0.39, 0.29) is 5.97 Å². The Bertz CT molecular complexity index is 473. The first kappa shape index (κ1) is 15.5. The molecule has 1 saturated carbocycles. The summed E-state index contributed by atoms with van der Waals surface area (Å²) in [6, 6.07) is 2.48. The molecule has 0 saturated heterocycles.